The van der Waals surface area contributed by atoms with E-state index in [4.69, 9.17) is 5.11 Å². The van der Waals surface area contributed by atoms with E-state index in [1.165, 1.54) is 6.42 Å². The van der Waals surface area contributed by atoms with Crippen LogP contribution in [0.15, 0.2) is 18.3 Å². The van der Waals surface area contributed by atoms with E-state index < -0.39 is 0 Å². The molecule has 19 heavy (non-hydrogen) atoms. The van der Waals surface area contributed by atoms with E-state index in [2.05, 4.69) is 16.8 Å². The maximum absolute atomic E-state index is 12.6. The smallest absolute Gasteiger partial charge is 0.274 e. The number of hydrogen-bond donors (Lipinski definition) is 1. The molecule has 1 N–H and O–H groups in total. The fourth-order valence-electron chi connectivity index (χ4n) is 3.12. The van der Waals surface area contributed by atoms with Gasteiger partial charge < -0.3 is 10.0 Å². The number of hydrogen-bond acceptors (Lipinski definition) is 3. The summed E-state index contributed by atoms with van der Waals surface area (Å²) < 4.78 is 0. The molecule has 2 fully saturated rings. The van der Waals surface area contributed by atoms with E-state index in [-0.39, 0.29) is 12.5 Å². The molecule has 0 aromatic carbocycles. The monoisotopic (exact) mass is 256 g/mol. The van der Waals surface area contributed by atoms with Gasteiger partial charge in [-0.1, -0.05) is 11.8 Å². The molecule has 98 valence electrons. The van der Waals surface area contributed by atoms with Crippen LogP contribution < -0.4 is 0 Å². The molecule has 2 bridgehead atoms. The van der Waals surface area contributed by atoms with Crippen LogP contribution >= 0.6 is 0 Å². The van der Waals surface area contributed by atoms with E-state index in [0.29, 0.717) is 23.2 Å². The molecule has 2 heterocycles. The van der Waals surface area contributed by atoms with Gasteiger partial charge in [-0.05, 0) is 37.3 Å². The number of aromatic nitrogens is 1. The van der Waals surface area contributed by atoms with Gasteiger partial charge in [0.05, 0.1) is 5.56 Å². The van der Waals surface area contributed by atoms with Crippen molar-refractivity contribution in [2.24, 2.45) is 5.92 Å². The fourth-order valence-corrected chi connectivity index (χ4v) is 3.12. The predicted octanol–water partition coefficient (Wildman–Crippen LogP) is 1.05. The first kappa shape index (κ1) is 12.2. The summed E-state index contributed by atoms with van der Waals surface area (Å²) >= 11 is 0. The van der Waals surface area contributed by atoms with Crippen LogP contribution in [0.5, 0.6) is 0 Å². The predicted molar refractivity (Wildman–Crippen MR) is 70.4 cm³/mol. The summed E-state index contributed by atoms with van der Waals surface area (Å²) in [4.78, 5) is 18.7. The van der Waals surface area contributed by atoms with Gasteiger partial charge in [-0.3, -0.25) is 4.79 Å². The zero-order chi connectivity index (χ0) is 13.2. The molecule has 1 aliphatic heterocycles. The topological polar surface area (TPSA) is 53.4 Å². The summed E-state index contributed by atoms with van der Waals surface area (Å²) in [5.41, 5.74) is 1.01. The van der Waals surface area contributed by atoms with Crippen LogP contribution in [-0.4, -0.2) is 40.1 Å². The van der Waals surface area contributed by atoms with Crippen LogP contribution in [0.25, 0.3) is 0 Å². The normalized spacial score (nSPS) is 24.2. The maximum Gasteiger partial charge on any atom is 0.274 e. The van der Waals surface area contributed by atoms with Crippen molar-refractivity contribution < 1.29 is 9.90 Å². The fraction of sp³-hybridized carbons (Fsp3) is 0.467. The van der Waals surface area contributed by atoms with Crippen molar-refractivity contribution in [1.29, 1.82) is 0 Å². The van der Waals surface area contributed by atoms with Gasteiger partial charge in [0.15, 0.2) is 0 Å². The van der Waals surface area contributed by atoms with Gasteiger partial charge in [-0.2, -0.15) is 0 Å². The summed E-state index contributed by atoms with van der Waals surface area (Å²) in [6.45, 7) is 0.643. The highest BCUT2D eigenvalue weighted by Gasteiger charge is 2.41. The number of piperidine rings is 1. The summed E-state index contributed by atoms with van der Waals surface area (Å²) in [6, 6.07) is 3.92. The molecular formula is C15H16N2O2. The highest BCUT2D eigenvalue weighted by atomic mass is 16.2. The first-order valence-corrected chi connectivity index (χ1v) is 6.65. The molecule has 2 unspecified atom stereocenters. The standard InChI is InChI=1S/C15H16N2O2/c18-8-2-4-12-3-1-7-16-14(12)15(19)17-10-11-5-6-13(17)9-11/h1,3,7,11,13,18H,5-6,8-10H2. The number of carbonyl (C=O) groups excluding carboxylic acids is 1. The lowest BCUT2D eigenvalue weighted by molar-refractivity contribution is 0.0697. The molecule has 1 aromatic rings. The molecule has 2 atom stereocenters. The maximum atomic E-state index is 12.6. The lowest BCUT2D eigenvalue weighted by Gasteiger charge is -2.26. The van der Waals surface area contributed by atoms with Crippen molar-refractivity contribution in [2.75, 3.05) is 13.2 Å². The summed E-state index contributed by atoms with van der Waals surface area (Å²) in [7, 11) is 0. The number of fused-ring (bicyclic) bond motifs is 2. The Bertz CT molecular complexity index is 559. The van der Waals surface area contributed by atoms with Crippen molar-refractivity contribution in [3.8, 4) is 11.8 Å². The lowest BCUT2D eigenvalue weighted by atomic mass is 10.1. The molecule has 1 saturated heterocycles. The average molecular weight is 256 g/mol. The SMILES string of the molecule is O=C(c1ncccc1C#CCO)N1CC2CCC1C2. The molecular weight excluding hydrogens is 240 g/mol. The summed E-state index contributed by atoms with van der Waals surface area (Å²) in [5.74, 6) is 6.03. The number of amides is 1. The Morgan fingerprint density at radius 1 is 1.53 bits per heavy atom. The molecule has 3 rings (SSSR count). The van der Waals surface area contributed by atoms with Crippen LogP contribution in [0.3, 0.4) is 0 Å². The Labute approximate surface area is 112 Å². The molecule has 1 amide bonds. The third-order valence-electron chi connectivity index (χ3n) is 3.98. The number of aliphatic hydroxyl groups excluding tert-OH is 1. The van der Waals surface area contributed by atoms with E-state index >= 15 is 0 Å². The molecule has 0 spiro atoms. The molecule has 4 heteroatoms. The molecule has 1 aromatic heterocycles. The number of nitrogens with zero attached hydrogens (tertiary/aromatic N) is 2. The Hall–Kier alpha value is -1.86. The number of likely N-dealkylation sites (tertiary alicyclic amines) is 1. The van der Waals surface area contributed by atoms with E-state index in [9.17, 15) is 4.79 Å². The van der Waals surface area contributed by atoms with Gasteiger partial charge in [0.2, 0.25) is 0 Å². The minimum atomic E-state index is -0.211. The van der Waals surface area contributed by atoms with Gasteiger partial charge in [0.1, 0.15) is 12.3 Å². The zero-order valence-electron chi connectivity index (χ0n) is 10.7. The second-order valence-corrected chi connectivity index (χ2v) is 5.15. The molecule has 1 aliphatic carbocycles. The first-order chi connectivity index (χ1) is 9.29. The van der Waals surface area contributed by atoms with Gasteiger partial charge in [0.25, 0.3) is 5.91 Å². The van der Waals surface area contributed by atoms with Crippen molar-refractivity contribution in [3.63, 3.8) is 0 Å². The van der Waals surface area contributed by atoms with Crippen LogP contribution in [0, 0.1) is 17.8 Å². The Morgan fingerprint density at radius 2 is 2.42 bits per heavy atom. The second-order valence-electron chi connectivity index (χ2n) is 5.15. The van der Waals surface area contributed by atoms with Crippen molar-refractivity contribution in [2.45, 2.75) is 25.3 Å². The van der Waals surface area contributed by atoms with Gasteiger partial charge in [0, 0.05) is 18.8 Å². The van der Waals surface area contributed by atoms with E-state index in [1.807, 2.05) is 4.90 Å². The Balaban J connectivity index is 1.87. The minimum absolute atomic E-state index is 0.0185. The van der Waals surface area contributed by atoms with Crippen LogP contribution in [-0.2, 0) is 0 Å². The molecule has 2 aliphatic rings. The first-order valence-electron chi connectivity index (χ1n) is 6.65. The third kappa shape index (κ3) is 2.22. The number of carbonyl (C=O) groups is 1. The Kier molecular flexibility index (Phi) is 3.22. The second kappa shape index (κ2) is 5.02. The van der Waals surface area contributed by atoms with Crippen LogP contribution in [0.2, 0.25) is 0 Å². The Morgan fingerprint density at radius 3 is 3.11 bits per heavy atom. The lowest BCUT2D eigenvalue weighted by Crippen LogP contribution is -2.38. The third-order valence-corrected chi connectivity index (χ3v) is 3.98. The summed E-state index contributed by atoms with van der Waals surface area (Å²) in [6.07, 6.45) is 5.11. The van der Waals surface area contributed by atoms with Gasteiger partial charge in [-0.25, -0.2) is 4.98 Å². The van der Waals surface area contributed by atoms with E-state index in [1.54, 1.807) is 18.3 Å². The largest absolute Gasteiger partial charge is 0.384 e. The molecule has 1 saturated carbocycles. The number of rotatable bonds is 1. The molecule has 4 nitrogen and oxygen atoms in total. The van der Waals surface area contributed by atoms with Gasteiger partial charge in [-0.15, -0.1) is 0 Å². The number of pyridine rings is 1. The van der Waals surface area contributed by atoms with Crippen molar-refractivity contribution >= 4 is 5.91 Å². The van der Waals surface area contributed by atoms with E-state index in [0.717, 1.165) is 19.4 Å². The average Bonchev–Trinajstić information content (AvgIpc) is 3.07. The van der Waals surface area contributed by atoms with Crippen molar-refractivity contribution in [3.05, 3.63) is 29.6 Å². The minimum Gasteiger partial charge on any atom is -0.384 e. The summed E-state index contributed by atoms with van der Waals surface area (Å²) in [5, 5.41) is 8.77. The van der Waals surface area contributed by atoms with Crippen LogP contribution in [0.1, 0.15) is 35.3 Å². The van der Waals surface area contributed by atoms with Crippen molar-refractivity contribution in [1.82, 2.24) is 9.88 Å². The zero-order valence-corrected chi connectivity index (χ0v) is 10.7. The highest BCUT2D eigenvalue weighted by molar-refractivity contribution is 5.95. The molecule has 0 radical (unpaired) electrons. The van der Waals surface area contributed by atoms with Crippen LogP contribution in [0.4, 0.5) is 0 Å². The van der Waals surface area contributed by atoms with Gasteiger partial charge >= 0.3 is 0 Å². The quantitative estimate of drug-likeness (QED) is 0.764. The number of aliphatic hydroxyl groups is 1. The highest BCUT2D eigenvalue weighted by Crippen LogP contribution is 2.38.